The standard InChI is InChI=1S/C14H15BrN2O/c1-9(2)18-13-7-5-4-6-11(13)12-8-14(15)17-10(3)16-12/h4-9H,1-3H3. The second-order valence-electron chi connectivity index (χ2n) is 4.29. The van der Waals surface area contributed by atoms with Crippen molar-refractivity contribution in [3.63, 3.8) is 0 Å². The summed E-state index contributed by atoms with van der Waals surface area (Å²) in [6.07, 6.45) is 0.137. The molecule has 0 atom stereocenters. The van der Waals surface area contributed by atoms with Gasteiger partial charge in [0.2, 0.25) is 0 Å². The van der Waals surface area contributed by atoms with Crippen molar-refractivity contribution in [1.29, 1.82) is 0 Å². The van der Waals surface area contributed by atoms with E-state index in [-0.39, 0.29) is 6.10 Å². The van der Waals surface area contributed by atoms with E-state index in [1.54, 1.807) is 0 Å². The first-order chi connectivity index (χ1) is 8.56. The van der Waals surface area contributed by atoms with Crippen molar-refractivity contribution in [2.24, 2.45) is 0 Å². The second-order valence-corrected chi connectivity index (χ2v) is 5.10. The van der Waals surface area contributed by atoms with Gasteiger partial charge in [0.05, 0.1) is 11.8 Å². The third-order valence-corrected chi connectivity index (χ3v) is 2.74. The van der Waals surface area contributed by atoms with Gasteiger partial charge in [0.15, 0.2) is 0 Å². The predicted molar refractivity (Wildman–Crippen MR) is 75.7 cm³/mol. The number of nitrogens with zero attached hydrogens (tertiary/aromatic N) is 2. The van der Waals surface area contributed by atoms with Crippen LogP contribution in [0.5, 0.6) is 5.75 Å². The van der Waals surface area contributed by atoms with Crippen LogP contribution in [-0.2, 0) is 0 Å². The van der Waals surface area contributed by atoms with Gasteiger partial charge in [0, 0.05) is 5.56 Å². The minimum atomic E-state index is 0.137. The molecule has 0 bridgehead atoms. The maximum Gasteiger partial charge on any atom is 0.129 e. The van der Waals surface area contributed by atoms with Crippen LogP contribution < -0.4 is 4.74 Å². The largest absolute Gasteiger partial charge is 0.490 e. The molecule has 0 amide bonds. The summed E-state index contributed by atoms with van der Waals surface area (Å²) in [5.74, 6) is 1.58. The number of hydrogen-bond donors (Lipinski definition) is 0. The molecule has 3 nitrogen and oxygen atoms in total. The SMILES string of the molecule is Cc1nc(Br)cc(-c2ccccc2OC(C)C)n1. The van der Waals surface area contributed by atoms with Gasteiger partial charge in [-0.15, -0.1) is 0 Å². The molecule has 0 saturated heterocycles. The lowest BCUT2D eigenvalue weighted by Gasteiger charge is -2.14. The van der Waals surface area contributed by atoms with E-state index in [0.29, 0.717) is 0 Å². The van der Waals surface area contributed by atoms with Gasteiger partial charge in [-0.2, -0.15) is 0 Å². The molecule has 0 fully saturated rings. The van der Waals surface area contributed by atoms with Gasteiger partial charge < -0.3 is 4.74 Å². The molecule has 18 heavy (non-hydrogen) atoms. The third-order valence-electron chi connectivity index (χ3n) is 2.33. The van der Waals surface area contributed by atoms with Gasteiger partial charge >= 0.3 is 0 Å². The molecule has 1 heterocycles. The van der Waals surface area contributed by atoms with E-state index in [1.807, 2.05) is 51.1 Å². The highest BCUT2D eigenvalue weighted by molar-refractivity contribution is 9.10. The summed E-state index contributed by atoms with van der Waals surface area (Å²) in [5.41, 5.74) is 1.85. The maximum absolute atomic E-state index is 5.80. The zero-order chi connectivity index (χ0) is 13.1. The molecule has 4 heteroatoms. The molecule has 1 aromatic heterocycles. The lowest BCUT2D eigenvalue weighted by molar-refractivity contribution is 0.243. The summed E-state index contributed by atoms with van der Waals surface area (Å²) in [6.45, 7) is 5.90. The lowest BCUT2D eigenvalue weighted by atomic mass is 10.1. The molecule has 0 N–H and O–H groups in total. The quantitative estimate of drug-likeness (QED) is 0.804. The van der Waals surface area contributed by atoms with Gasteiger partial charge in [-0.25, -0.2) is 9.97 Å². The third kappa shape index (κ3) is 3.07. The topological polar surface area (TPSA) is 35.0 Å². The van der Waals surface area contributed by atoms with Crippen molar-refractivity contribution in [2.75, 3.05) is 0 Å². The normalized spacial score (nSPS) is 10.7. The van der Waals surface area contributed by atoms with Crippen LogP contribution in [0.2, 0.25) is 0 Å². The van der Waals surface area contributed by atoms with E-state index in [1.165, 1.54) is 0 Å². The first-order valence-corrected chi connectivity index (χ1v) is 6.63. The minimum Gasteiger partial charge on any atom is -0.490 e. The summed E-state index contributed by atoms with van der Waals surface area (Å²) >= 11 is 3.39. The molecule has 0 radical (unpaired) electrons. The fourth-order valence-electron chi connectivity index (χ4n) is 1.70. The molecule has 0 spiro atoms. The number of ether oxygens (including phenoxy) is 1. The summed E-state index contributed by atoms with van der Waals surface area (Å²) in [5, 5.41) is 0. The van der Waals surface area contributed by atoms with E-state index >= 15 is 0 Å². The molecule has 0 unspecified atom stereocenters. The van der Waals surface area contributed by atoms with Crippen LogP contribution in [0, 0.1) is 6.92 Å². The first kappa shape index (κ1) is 13.0. The summed E-state index contributed by atoms with van der Waals surface area (Å²) in [4.78, 5) is 8.67. The van der Waals surface area contributed by atoms with Crippen molar-refractivity contribution < 1.29 is 4.74 Å². The number of hydrogen-bond acceptors (Lipinski definition) is 3. The van der Waals surface area contributed by atoms with E-state index in [9.17, 15) is 0 Å². The minimum absolute atomic E-state index is 0.137. The molecule has 0 aliphatic rings. The molecule has 2 rings (SSSR count). The molecular weight excluding hydrogens is 292 g/mol. The molecular formula is C14H15BrN2O. The average molecular weight is 307 g/mol. The van der Waals surface area contributed by atoms with Crippen molar-refractivity contribution in [3.8, 4) is 17.0 Å². The van der Waals surface area contributed by atoms with Crippen LogP contribution in [0.15, 0.2) is 34.9 Å². The van der Waals surface area contributed by atoms with Gasteiger partial charge in [0.1, 0.15) is 16.2 Å². The van der Waals surface area contributed by atoms with E-state index < -0.39 is 0 Å². The maximum atomic E-state index is 5.80. The van der Waals surface area contributed by atoms with Crippen molar-refractivity contribution in [2.45, 2.75) is 26.9 Å². The van der Waals surface area contributed by atoms with E-state index in [2.05, 4.69) is 25.9 Å². The van der Waals surface area contributed by atoms with E-state index in [4.69, 9.17) is 4.74 Å². The van der Waals surface area contributed by atoms with Gasteiger partial charge in [-0.3, -0.25) is 0 Å². The monoisotopic (exact) mass is 306 g/mol. The number of para-hydroxylation sites is 1. The van der Waals surface area contributed by atoms with Crippen LogP contribution in [0.1, 0.15) is 19.7 Å². The van der Waals surface area contributed by atoms with Crippen LogP contribution in [0.25, 0.3) is 11.3 Å². The highest BCUT2D eigenvalue weighted by atomic mass is 79.9. The lowest BCUT2D eigenvalue weighted by Crippen LogP contribution is -2.06. The Morgan fingerprint density at radius 2 is 1.89 bits per heavy atom. The summed E-state index contributed by atoms with van der Waals surface area (Å²) in [6, 6.07) is 9.81. The Morgan fingerprint density at radius 1 is 1.17 bits per heavy atom. The summed E-state index contributed by atoms with van der Waals surface area (Å²) < 4.78 is 6.59. The zero-order valence-corrected chi connectivity index (χ0v) is 12.2. The van der Waals surface area contributed by atoms with Crippen molar-refractivity contribution in [1.82, 2.24) is 9.97 Å². The number of halogens is 1. The Morgan fingerprint density at radius 3 is 2.56 bits per heavy atom. The highest BCUT2D eigenvalue weighted by Crippen LogP contribution is 2.30. The first-order valence-electron chi connectivity index (χ1n) is 5.83. The number of aryl methyl sites for hydroxylation is 1. The Bertz CT molecular complexity index is 535. The molecule has 1 aromatic carbocycles. The Kier molecular flexibility index (Phi) is 3.97. The summed E-state index contributed by atoms with van der Waals surface area (Å²) in [7, 11) is 0. The molecule has 0 aliphatic carbocycles. The number of aromatic nitrogens is 2. The molecule has 0 aliphatic heterocycles. The second kappa shape index (κ2) is 5.48. The van der Waals surface area contributed by atoms with Crippen LogP contribution in [0.4, 0.5) is 0 Å². The van der Waals surface area contributed by atoms with Crippen LogP contribution >= 0.6 is 15.9 Å². The number of benzene rings is 1. The van der Waals surface area contributed by atoms with Crippen molar-refractivity contribution >= 4 is 15.9 Å². The smallest absolute Gasteiger partial charge is 0.129 e. The fourth-order valence-corrected chi connectivity index (χ4v) is 2.18. The Labute approximate surface area is 115 Å². The highest BCUT2D eigenvalue weighted by Gasteiger charge is 2.10. The fraction of sp³-hybridized carbons (Fsp3) is 0.286. The molecule has 0 saturated carbocycles. The predicted octanol–water partition coefficient (Wildman–Crippen LogP) is 4.00. The Balaban J connectivity index is 2.49. The molecule has 94 valence electrons. The number of rotatable bonds is 3. The molecule has 2 aromatic rings. The van der Waals surface area contributed by atoms with E-state index in [0.717, 1.165) is 27.4 Å². The zero-order valence-electron chi connectivity index (χ0n) is 10.6. The Hall–Kier alpha value is -1.42. The van der Waals surface area contributed by atoms with Gasteiger partial charge in [-0.1, -0.05) is 12.1 Å². The van der Waals surface area contributed by atoms with Gasteiger partial charge in [0.25, 0.3) is 0 Å². The average Bonchev–Trinajstić information content (AvgIpc) is 2.27. The van der Waals surface area contributed by atoms with Crippen LogP contribution in [-0.4, -0.2) is 16.1 Å². The van der Waals surface area contributed by atoms with Crippen molar-refractivity contribution in [3.05, 3.63) is 40.8 Å². The van der Waals surface area contributed by atoms with Gasteiger partial charge in [-0.05, 0) is 54.9 Å². The van der Waals surface area contributed by atoms with Crippen LogP contribution in [0.3, 0.4) is 0 Å².